The lowest BCUT2D eigenvalue weighted by atomic mass is 9.98. The highest BCUT2D eigenvalue weighted by Crippen LogP contribution is 2.20. The zero-order valence-electron chi connectivity index (χ0n) is 12.6. The van der Waals surface area contributed by atoms with Gasteiger partial charge in [-0.2, -0.15) is 0 Å². The first-order valence-electron chi connectivity index (χ1n) is 7.57. The number of halogens is 1. The van der Waals surface area contributed by atoms with Gasteiger partial charge in [0.15, 0.2) is 0 Å². The minimum Gasteiger partial charge on any atom is -0.381 e. The zero-order chi connectivity index (χ0) is 15.5. The van der Waals surface area contributed by atoms with Crippen LogP contribution < -0.4 is 0 Å². The summed E-state index contributed by atoms with van der Waals surface area (Å²) in [4.78, 5) is 21.7. The second kappa shape index (κ2) is 6.67. The van der Waals surface area contributed by atoms with Gasteiger partial charge >= 0.3 is 0 Å². The molecule has 1 aliphatic rings. The Morgan fingerprint density at radius 1 is 1.55 bits per heavy atom. The smallest absolute Gasteiger partial charge is 0.223 e. The zero-order valence-corrected chi connectivity index (χ0v) is 13.4. The molecule has 1 N–H and O–H groups in total. The van der Waals surface area contributed by atoms with Crippen molar-refractivity contribution in [1.29, 1.82) is 0 Å². The molecule has 1 amide bonds. The van der Waals surface area contributed by atoms with Gasteiger partial charge in [-0.25, -0.2) is 4.98 Å². The quantitative estimate of drug-likeness (QED) is 0.941. The van der Waals surface area contributed by atoms with Crippen LogP contribution in [-0.2, 0) is 16.1 Å². The van der Waals surface area contributed by atoms with Crippen LogP contribution in [0.1, 0.15) is 25.1 Å². The van der Waals surface area contributed by atoms with E-state index in [-0.39, 0.29) is 5.91 Å². The van der Waals surface area contributed by atoms with E-state index < -0.39 is 0 Å². The molecule has 0 saturated carbocycles. The Hall–Kier alpha value is -1.59. The van der Waals surface area contributed by atoms with Crippen LogP contribution in [0.5, 0.6) is 0 Å². The Labute approximate surface area is 134 Å². The van der Waals surface area contributed by atoms with Crippen LogP contribution >= 0.6 is 11.6 Å². The lowest BCUT2D eigenvalue weighted by Gasteiger charge is -2.24. The van der Waals surface area contributed by atoms with Crippen LogP contribution in [-0.4, -0.2) is 41.0 Å². The van der Waals surface area contributed by atoms with Crippen molar-refractivity contribution in [1.82, 2.24) is 14.9 Å². The number of aromatic amines is 1. The van der Waals surface area contributed by atoms with E-state index in [4.69, 9.17) is 16.3 Å². The highest BCUT2D eigenvalue weighted by atomic mass is 35.5. The predicted molar refractivity (Wildman–Crippen MR) is 85.7 cm³/mol. The lowest BCUT2D eigenvalue weighted by Crippen LogP contribution is -2.30. The van der Waals surface area contributed by atoms with E-state index in [0.29, 0.717) is 30.5 Å². The molecule has 0 bridgehead atoms. The summed E-state index contributed by atoms with van der Waals surface area (Å²) in [6.07, 6.45) is 2.66. The highest BCUT2D eigenvalue weighted by molar-refractivity contribution is 6.31. The molecule has 5 nitrogen and oxygen atoms in total. The number of fused-ring (bicyclic) bond motifs is 1. The SMILES string of the molecule is CN(Cc1nc2ccc(Cl)cc2[nH]1)C(=O)CC1CCCOC1. The molecule has 1 saturated heterocycles. The first-order chi connectivity index (χ1) is 10.6. The van der Waals surface area contributed by atoms with E-state index in [2.05, 4.69) is 9.97 Å². The number of rotatable bonds is 4. The molecule has 6 heteroatoms. The number of ether oxygens (including phenoxy) is 1. The summed E-state index contributed by atoms with van der Waals surface area (Å²) in [5.41, 5.74) is 1.75. The fourth-order valence-electron chi connectivity index (χ4n) is 2.79. The first kappa shape index (κ1) is 15.3. The van der Waals surface area contributed by atoms with Gasteiger partial charge in [-0.1, -0.05) is 11.6 Å². The van der Waals surface area contributed by atoms with E-state index in [1.807, 2.05) is 25.2 Å². The van der Waals surface area contributed by atoms with Crippen molar-refractivity contribution in [3.63, 3.8) is 0 Å². The van der Waals surface area contributed by atoms with Crippen molar-refractivity contribution in [3.05, 3.63) is 29.0 Å². The van der Waals surface area contributed by atoms with E-state index in [9.17, 15) is 4.79 Å². The van der Waals surface area contributed by atoms with Crippen LogP contribution in [0.2, 0.25) is 5.02 Å². The molecule has 1 aromatic carbocycles. The summed E-state index contributed by atoms with van der Waals surface area (Å²) in [7, 11) is 1.81. The Balaban J connectivity index is 1.61. The molecule has 2 aromatic rings. The number of nitrogens with zero attached hydrogens (tertiary/aromatic N) is 2. The molecule has 0 radical (unpaired) electrons. The fourth-order valence-corrected chi connectivity index (χ4v) is 2.97. The fraction of sp³-hybridized carbons (Fsp3) is 0.500. The first-order valence-corrected chi connectivity index (χ1v) is 7.95. The minimum absolute atomic E-state index is 0.133. The number of carbonyl (C=O) groups is 1. The number of aromatic nitrogens is 2. The third-order valence-electron chi connectivity index (χ3n) is 4.02. The maximum atomic E-state index is 12.3. The van der Waals surface area contributed by atoms with Gasteiger partial charge in [0.25, 0.3) is 0 Å². The Kier molecular flexibility index (Phi) is 4.64. The van der Waals surface area contributed by atoms with Gasteiger partial charge in [0.05, 0.1) is 17.6 Å². The molecule has 0 aliphatic carbocycles. The molecule has 1 unspecified atom stereocenters. The molecule has 1 atom stereocenters. The van der Waals surface area contributed by atoms with Gasteiger partial charge in [0.2, 0.25) is 5.91 Å². The van der Waals surface area contributed by atoms with Crippen LogP contribution in [0.4, 0.5) is 0 Å². The summed E-state index contributed by atoms with van der Waals surface area (Å²) in [6.45, 7) is 1.99. The number of hydrogen-bond donors (Lipinski definition) is 1. The number of benzene rings is 1. The van der Waals surface area contributed by atoms with Gasteiger partial charge in [-0.15, -0.1) is 0 Å². The van der Waals surface area contributed by atoms with E-state index >= 15 is 0 Å². The minimum atomic E-state index is 0.133. The van der Waals surface area contributed by atoms with Crippen molar-refractivity contribution >= 4 is 28.5 Å². The molecular formula is C16H20ClN3O2. The predicted octanol–water partition coefficient (Wildman–Crippen LogP) is 2.99. The van der Waals surface area contributed by atoms with Crippen molar-refractivity contribution in [2.45, 2.75) is 25.8 Å². The van der Waals surface area contributed by atoms with Gasteiger partial charge < -0.3 is 14.6 Å². The lowest BCUT2D eigenvalue weighted by molar-refractivity contribution is -0.132. The highest BCUT2D eigenvalue weighted by Gasteiger charge is 2.20. The molecule has 1 aromatic heterocycles. The molecule has 1 aliphatic heterocycles. The molecule has 118 valence electrons. The van der Waals surface area contributed by atoms with E-state index in [0.717, 1.165) is 36.3 Å². The van der Waals surface area contributed by atoms with Gasteiger partial charge in [-0.3, -0.25) is 4.79 Å². The molecule has 3 rings (SSSR count). The van der Waals surface area contributed by atoms with E-state index in [1.165, 1.54) is 0 Å². The summed E-state index contributed by atoms with van der Waals surface area (Å²) in [5.74, 6) is 1.25. The standard InChI is InChI=1S/C16H20ClN3O2/c1-20(16(21)7-11-3-2-6-22-10-11)9-15-18-13-5-4-12(17)8-14(13)19-15/h4-5,8,11H,2-3,6-7,9-10H2,1H3,(H,18,19). The summed E-state index contributed by atoms with van der Waals surface area (Å²) in [6, 6.07) is 5.53. The van der Waals surface area contributed by atoms with Crippen molar-refractivity contribution in [3.8, 4) is 0 Å². The maximum absolute atomic E-state index is 12.3. The summed E-state index contributed by atoms with van der Waals surface area (Å²) >= 11 is 5.97. The van der Waals surface area contributed by atoms with Gasteiger partial charge in [-0.05, 0) is 37.0 Å². The summed E-state index contributed by atoms with van der Waals surface area (Å²) in [5, 5.41) is 0.671. The largest absolute Gasteiger partial charge is 0.381 e. The second-order valence-electron chi connectivity index (χ2n) is 5.88. The normalized spacial score (nSPS) is 18.5. The molecule has 2 heterocycles. The average molecular weight is 322 g/mol. The maximum Gasteiger partial charge on any atom is 0.223 e. The van der Waals surface area contributed by atoms with Crippen LogP contribution in [0, 0.1) is 5.92 Å². The van der Waals surface area contributed by atoms with Crippen LogP contribution in [0.25, 0.3) is 11.0 Å². The van der Waals surface area contributed by atoms with Crippen LogP contribution in [0.3, 0.4) is 0 Å². The number of amides is 1. The Bertz CT molecular complexity index is 664. The number of carbonyl (C=O) groups excluding carboxylic acids is 1. The molecule has 22 heavy (non-hydrogen) atoms. The monoisotopic (exact) mass is 321 g/mol. The van der Waals surface area contributed by atoms with Gasteiger partial charge in [0, 0.05) is 31.7 Å². The van der Waals surface area contributed by atoms with Crippen molar-refractivity contribution in [2.24, 2.45) is 5.92 Å². The third kappa shape index (κ3) is 3.59. The van der Waals surface area contributed by atoms with Crippen LogP contribution in [0.15, 0.2) is 18.2 Å². The number of imidazole rings is 1. The second-order valence-corrected chi connectivity index (χ2v) is 6.32. The third-order valence-corrected chi connectivity index (χ3v) is 4.26. The summed E-state index contributed by atoms with van der Waals surface area (Å²) < 4.78 is 5.43. The molecular weight excluding hydrogens is 302 g/mol. The van der Waals surface area contributed by atoms with Crippen molar-refractivity contribution in [2.75, 3.05) is 20.3 Å². The van der Waals surface area contributed by atoms with Gasteiger partial charge in [0.1, 0.15) is 5.82 Å². The number of H-pyrrole nitrogens is 1. The topological polar surface area (TPSA) is 58.2 Å². The Morgan fingerprint density at radius 2 is 2.41 bits per heavy atom. The Morgan fingerprint density at radius 3 is 3.18 bits per heavy atom. The number of hydrogen-bond acceptors (Lipinski definition) is 3. The number of nitrogens with one attached hydrogen (secondary N) is 1. The van der Waals surface area contributed by atoms with E-state index in [1.54, 1.807) is 4.90 Å². The average Bonchev–Trinajstić information content (AvgIpc) is 2.89. The molecule has 1 fully saturated rings. The molecule has 0 spiro atoms. The van der Waals surface area contributed by atoms with Crippen molar-refractivity contribution < 1.29 is 9.53 Å².